The summed E-state index contributed by atoms with van der Waals surface area (Å²) in [5, 5.41) is 0. The highest BCUT2D eigenvalue weighted by atomic mass is 16.2. The van der Waals surface area contributed by atoms with E-state index in [1.165, 1.54) is 17.5 Å². The number of nitrogens with zero attached hydrogens (tertiary/aromatic N) is 2. The maximum atomic E-state index is 12.9. The van der Waals surface area contributed by atoms with Crippen LogP contribution in [0.4, 0.5) is 0 Å². The Morgan fingerprint density at radius 2 is 2.00 bits per heavy atom. The molecule has 1 amide bonds. The smallest absolute Gasteiger partial charge is 0.226 e. The third kappa shape index (κ3) is 2.21. The molecule has 0 saturated heterocycles. The van der Waals surface area contributed by atoms with E-state index in [4.69, 9.17) is 0 Å². The Morgan fingerprint density at radius 1 is 1.14 bits per heavy atom. The third-order valence-electron chi connectivity index (χ3n) is 5.02. The van der Waals surface area contributed by atoms with E-state index in [9.17, 15) is 4.79 Å². The van der Waals surface area contributed by atoms with Crippen LogP contribution in [0.15, 0.2) is 48.8 Å². The van der Waals surface area contributed by atoms with E-state index < -0.39 is 0 Å². The molecule has 1 aromatic carbocycles. The van der Waals surface area contributed by atoms with E-state index in [2.05, 4.69) is 40.2 Å². The summed E-state index contributed by atoms with van der Waals surface area (Å²) >= 11 is 0. The lowest BCUT2D eigenvalue weighted by atomic mass is 9.82. The second kappa shape index (κ2) is 5.56. The summed E-state index contributed by atoms with van der Waals surface area (Å²) < 4.78 is 0. The number of hydrogen-bond donors (Lipinski definition) is 0. The van der Waals surface area contributed by atoms with Crippen LogP contribution < -0.4 is 0 Å². The molecule has 1 saturated carbocycles. The summed E-state index contributed by atoms with van der Waals surface area (Å²) in [7, 11) is 0. The summed E-state index contributed by atoms with van der Waals surface area (Å²) in [6.07, 6.45) is 7.93. The third-order valence-corrected chi connectivity index (χ3v) is 5.02. The summed E-state index contributed by atoms with van der Waals surface area (Å²) in [5.41, 5.74) is 3.73. The Labute approximate surface area is 131 Å². The Balaban J connectivity index is 1.76. The van der Waals surface area contributed by atoms with E-state index in [1.54, 1.807) is 6.20 Å². The van der Waals surface area contributed by atoms with E-state index in [1.807, 2.05) is 12.3 Å². The number of pyridine rings is 1. The zero-order chi connectivity index (χ0) is 14.9. The number of benzene rings is 1. The van der Waals surface area contributed by atoms with Gasteiger partial charge in [-0.2, -0.15) is 0 Å². The van der Waals surface area contributed by atoms with Gasteiger partial charge in [0.2, 0.25) is 5.91 Å². The largest absolute Gasteiger partial charge is 0.331 e. The van der Waals surface area contributed by atoms with Crippen LogP contribution in [0.3, 0.4) is 0 Å². The topological polar surface area (TPSA) is 33.2 Å². The number of aromatic nitrogens is 1. The first kappa shape index (κ1) is 13.5. The lowest BCUT2D eigenvalue weighted by Gasteiger charge is -2.41. The average Bonchev–Trinajstić information content (AvgIpc) is 2.53. The number of carbonyl (C=O) groups excluding carboxylic acids is 1. The monoisotopic (exact) mass is 292 g/mol. The molecular formula is C19H20N2O. The number of amides is 1. The molecule has 1 aliphatic heterocycles. The maximum absolute atomic E-state index is 12.9. The molecule has 3 heteroatoms. The van der Waals surface area contributed by atoms with Gasteiger partial charge in [0.1, 0.15) is 0 Å². The maximum Gasteiger partial charge on any atom is 0.226 e. The number of hydrogen-bond acceptors (Lipinski definition) is 2. The molecule has 1 fully saturated rings. The first-order valence-corrected chi connectivity index (χ1v) is 8.13. The predicted octanol–water partition coefficient (Wildman–Crippen LogP) is 3.36. The molecule has 112 valence electrons. The second-order valence-electron chi connectivity index (χ2n) is 6.30. The first-order chi connectivity index (χ1) is 10.8. The number of carbonyl (C=O) groups is 1. The summed E-state index contributed by atoms with van der Waals surface area (Å²) in [4.78, 5) is 19.2. The van der Waals surface area contributed by atoms with Gasteiger partial charge >= 0.3 is 0 Å². The molecule has 22 heavy (non-hydrogen) atoms. The van der Waals surface area contributed by atoms with Crippen molar-refractivity contribution in [3.63, 3.8) is 0 Å². The van der Waals surface area contributed by atoms with E-state index >= 15 is 0 Å². The van der Waals surface area contributed by atoms with Crippen molar-refractivity contribution < 1.29 is 4.79 Å². The summed E-state index contributed by atoms with van der Waals surface area (Å²) in [6.45, 7) is 0.811. The molecule has 1 unspecified atom stereocenters. The van der Waals surface area contributed by atoms with Crippen LogP contribution in [0.2, 0.25) is 0 Å². The Hall–Kier alpha value is -2.16. The highest BCUT2D eigenvalue weighted by Gasteiger charge is 2.37. The molecule has 3 nitrogen and oxygen atoms in total. The molecule has 0 spiro atoms. The van der Waals surface area contributed by atoms with Gasteiger partial charge in [-0.1, -0.05) is 36.8 Å². The van der Waals surface area contributed by atoms with Crippen molar-refractivity contribution in [3.05, 3.63) is 65.5 Å². The van der Waals surface area contributed by atoms with E-state index in [-0.39, 0.29) is 12.0 Å². The predicted molar refractivity (Wildman–Crippen MR) is 85.3 cm³/mol. The molecular weight excluding hydrogens is 272 g/mol. The number of fused-ring (bicyclic) bond motifs is 1. The van der Waals surface area contributed by atoms with Crippen molar-refractivity contribution in [1.82, 2.24) is 9.88 Å². The lowest BCUT2D eigenvalue weighted by molar-refractivity contribution is -0.140. The minimum absolute atomic E-state index is 0.0201. The molecule has 2 heterocycles. The molecule has 0 bridgehead atoms. The molecule has 0 N–H and O–H groups in total. The fourth-order valence-electron chi connectivity index (χ4n) is 3.59. The van der Waals surface area contributed by atoms with Crippen molar-refractivity contribution in [3.8, 4) is 0 Å². The SMILES string of the molecule is O=C(C1CCC1)N1CCc2ccccc2C1c1cccnc1. The normalized spacial score (nSPS) is 21.1. The fourth-order valence-corrected chi connectivity index (χ4v) is 3.59. The molecule has 2 aliphatic rings. The molecule has 1 aromatic heterocycles. The van der Waals surface area contributed by atoms with Crippen molar-refractivity contribution in [1.29, 1.82) is 0 Å². The van der Waals surface area contributed by atoms with Gasteiger partial charge in [-0.3, -0.25) is 9.78 Å². The van der Waals surface area contributed by atoms with Gasteiger partial charge < -0.3 is 4.90 Å². The van der Waals surface area contributed by atoms with Crippen molar-refractivity contribution >= 4 is 5.91 Å². The quantitative estimate of drug-likeness (QED) is 0.850. The van der Waals surface area contributed by atoms with Gasteiger partial charge in [0.05, 0.1) is 6.04 Å². The molecule has 1 aliphatic carbocycles. The van der Waals surface area contributed by atoms with Crippen LogP contribution in [0.5, 0.6) is 0 Å². The molecule has 4 rings (SSSR count). The molecule has 0 radical (unpaired) electrons. The highest BCUT2D eigenvalue weighted by molar-refractivity contribution is 5.81. The highest BCUT2D eigenvalue weighted by Crippen LogP contribution is 2.38. The average molecular weight is 292 g/mol. The van der Waals surface area contributed by atoms with Crippen LogP contribution in [0, 0.1) is 5.92 Å². The van der Waals surface area contributed by atoms with Crippen molar-refractivity contribution in [2.24, 2.45) is 5.92 Å². The van der Waals surface area contributed by atoms with Gasteiger partial charge in [0.25, 0.3) is 0 Å². The van der Waals surface area contributed by atoms with Crippen molar-refractivity contribution in [2.45, 2.75) is 31.7 Å². The van der Waals surface area contributed by atoms with Gasteiger partial charge in [0.15, 0.2) is 0 Å². The standard InChI is InChI=1S/C19H20N2O/c22-19(15-6-3-7-15)21-12-10-14-5-1-2-9-17(14)18(21)16-8-4-11-20-13-16/h1-2,4-5,8-9,11,13,15,18H,3,6-7,10,12H2. The first-order valence-electron chi connectivity index (χ1n) is 8.13. The minimum atomic E-state index is 0.0201. The van der Waals surface area contributed by atoms with Crippen LogP contribution in [0.25, 0.3) is 0 Å². The van der Waals surface area contributed by atoms with Crippen LogP contribution in [0.1, 0.15) is 42.0 Å². The Kier molecular flexibility index (Phi) is 3.41. The lowest BCUT2D eigenvalue weighted by Crippen LogP contribution is -2.45. The molecule has 2 aromatic rings. The Bertz CT molecular complexity index is 679. The zero-order valence-electron chi connectivity index (χ0n) is 12.6. The van der Waals surface area contributed by atoms with Gasteiger partial charge in [-0.15, -0.1) is 0 Å². The minimum Gasteiger partial charge on any atom is -0.331 e. The Morgan fingerprint density at radius 3 is 2.73 bits per heavy atom. The van der Waals surface area contributed by atoms with E-state index in [0.717, 1.165) is 31.4 Å². The summed E-state index contributed by atoms with van der Waals surface area (Å²) in [5.74, 6) is 0.569. The number of rotatable bonds is 2. The summed E-state index contributed by atoms with van der Waals surface area (Å²) in [6, 6.07) is 12.6. The van der Waals surface area contributed by atoms with E-state index in [0.29, 0.717) is 5.91 Å². The van der Waals surface area contributed by atoms with Gasteiger partial charge in [-0.25, -0.2) is 0 Å². The van der Waals surface area contributed by atoms with Crippen molar-refractivity contribution in [2.75, 3.05) is 6.54 Å². The zero-order valence-corrected chi connectivity index (χ0v) is 12.6. The second-order valence-corrected chi connectivity index (χ2v) is 6.30. The fraction of sp³-hybridized carbons (Fsp3) is 0.368. The van der Waals surface area contributed by atoms with Gasteiger partial charge in [0, 0.05) is 24.9 Å². The van der Waals surface area contributed by atoms with Crippen LogP contribution >= 0.6 is 0 Å². The van der Waals surface area contributed by atoms with Gasteiger partial charge in [-0.05, 0) is 42.0 Å². The molecule has 1 atom stereocenters. The van der Waals surface area contributed by atoms with Crippen LogP contribution in [-0.4, -0.2) is 22.3 Å². The van der Waals surface area contributed by atoms with Crippen LogP contribution in [-0.2, 0) is 11.2 Å².